The van der Waals surface area contributed by atoms with Gasteiger partial charge >= 0.3 is 6.09 Å². The molecule has 1 aliphatic rings. The number of hydrogen-bond donors (Lipinski definition) is 1. The van der Waals surface area contributed by atoms with E-state index in [2.05, 4.69) is 43.4 Å². The molecule has 0 bridgehead atoms. The summed E-state index contributed by atoms with van der Waals surface area (Å²) in [5, 5.41) is 2.64. The summed E-state index contributed by atoms with van der Waals surface area (Å²) < 4.78 is 5.42. The Morgan fingerprint density at radius 1 is 1.09 bits per heavy atom. The van der Waals surface area contributed by atoms with Gasteiger partial charge < -0.3 is 4.74 Å². The van der Waals surface area contributed by atoms with Crippen molar-refractivity contribution >= 4 is 6.09 Å². The van der Waals surface area contributed by atoms with Gasteiger partial charge in [-0.15, -0.1) is 0 Å². The largest absolute Gasteiger partial charge is 0.448 e. The summed E-state index contributed by atoms with van der Waals surface area (Å²) in [6.07, 6.45) is 3.15. The molecule has 0 aromatic heterocycles. The Kier molecular flexibility index (Phi) is 4.47. The Morgan fingerprint density at radius 2 is 1.65 bits per heavy atom. The number of alkyl carbamates (subject to hydrolysis) is 1. The van der Waals surface area contributed by atoms with Gasteiger partial charge in [-0.2, -0.15) is 0 Å². The third-order valence-corrected chi connectivity index (χ3v) is 4.03. The number of amides is 1. The molecule has 0 saturated heterocycles. The average Bonchev–Trinajstić information content (AvgIpc) is 2.87. The van der Waals surface area contributed by atoms with Crippen LogP contribution in [-0.4, -0.2) is 12.7 Å². The fraction of sp³-hybridized carbons (Fsp3) is 0.250. The fourth-order valence-electron chi connectivity index (χ4n) is 2.95. The first-order chi connectivity index (χ1) is 11.2. The summed E-state index contributed by atoms with van der Waals surface area (Å²) in [5.41, 5.74) is 4.91. The maximum atomic E-state index is 11.8. The molecule has 1 amide bonds. The van der Waals surface area contributed by atoms with Crippen LogP contribution in [0.5, 0.6) is 0 Å². The molecule has 2 aromatic rings. The molecule has 3 rings (SSSR count). The molecule has 0 heterocycles. The maximum Gasteiger partial charge on any atom is 0.411 e. The number of carbonyl (C=O) groups excluding carboxylic acids is 1. The quantitative estimate of drug-likeness (QED) is 0.889. The number of hydrogen-bond acceptors (Lipinski definition) is 2. The molecule has 0 unspecified atom stereocenters. The second-order valence-corrected chi connectivity index (χ2v) is 6.07. The number of benzene rings is 2. The summed E-state index contributed by atoms with van der Waals surface area (Å²) in [5.74, 6) is 0.492. The lowest BCUT2D eigenvalue weighted by Crippen LogP contribution is -2.21. The van der Waals surface area contributed by atoms with E-state index in [1.807, 2.05) is 30.3 Å². The zero-order valence-electron chi connectivity index (χ0n) is 13.5. The molecule has 0 saturated carbocycles. The van der Waals surface area contributed by atoms with Crippen LogP contribution in [0.4, 0.5) is 4.79 Å². The van der Waals surface area contributed by atoms with Crippen molar-refractivity contribution in [2.24, 2.45) is 5.92 Å². The van der Waals surface area contributed by atoms with Crippen molar-refractivity contribution in [1.29, 1.82) is 0 Å². The highest BCUT2D eigenvalue weighted by molar-refractivity contribution is 5.79. The van der Waals surface area contributed by atoms with E-state index < -0.39 is 6.09 Å². The Balaban J connectivity index is 1.72. The summed E-state index contributed by atoms with van der Waals surface area (Å²) in [7, 11) is 0. The molecule has 1 aliphatic carbocycles. The third-order valence-electron chi connectivity index (χ3n) is 4.03. The maximum absolute atomic E-state index is 11.8. The van der Waals surface area contributed by atoms with Gasteiger partial charge in [0.05, 0.1) is 0 Å². The number of carbonyl (C=O) groups is 1. The minimum atomic E-state index is -0.413. The van der Waals surface area contributed by atoms with Crippen molar-refractivity contribution in [3.8, 4) is 11.1 Å². The number of nitrogens with one attached hydrogen (secondary N) is 1. The van der Waals surface area contributed by atoms with Crippen LogP contribution in [-0.2, 0) is 4.74 Å². The van der Waals surface area contributed by atoms with E-state index in [1.54, 1.807) is 6.20 Å². The van der Waals surface area contributed by atoms with Crippen molar-refractivity contribution in [2.75, 3.05) is 6.61 Å². The van der Waals surface area contributed by atoms with E-state index in [4.69, 9.17) is 4.74 Å². The van der Waals surface area contributed by atoms with Crippen LogP contribution in [0.1, 0.15) is 30.9 Å². The van der Waals surface area contributed by atoms with Gasteiger partial charge in [0.2, 0.25) is 0 Å². The number of allylic oxidation sites excluding steroid dienone is 1. The van der Waals surface area contributed by atoms with Crippen molar-refractivity contribution in [1.82, 2.24) is 5.32 Å². The SMILES string of the molecule is CC(C)C=CNC(=O)OCC1c2ccccc2-c2ccccc21. The standard InChI is InChI=1S/C20H21NO2/c1-14(2)11-12-21-20(22)23-13-19-17-9-5-3-7-15(17)16-8-4-6-10-18(16)19/h3-12,14,19H,13H2,1-2H3,(H,21,22). The monoisotopic (exact) mass is 307 g/mol. The number of fused-ring (bicyclic) bond motifs is 3. The van der Waals surface area contributed by atoms with Crippen LogP contribution < -0.4 is 5.32 Å². The molecule has 0 radical (unpaired) electrons. The minimum absolute atomic E-state index is 0.0993. The molecule has 2 aromatic carbocycles. The van der Waals surface area contributed by atoms with Gasteiger partial charge in [0.15, 0.2) is 0 Å². The molecule has 1 N–H and O–H groups in total. The normalized spacial score (nSPS) is 13.2. The van der Waals surface area contributed by atoms with Gasteiger partial charge in [-0.3, -0.25) is 5.32 Å². The Bertz CT molecular complexity index is 688. The van der Waals surface area contributed by atoms with Gasteiger partial charge in [0, 0.05) is 12.1 Å². The molecule has 3 heteroatoms. The molecule has 0 spiro atoms. The van der Waals surface area contributed by atoms with Crippen molar-refractivity contribution in [3.05, 3.63) is 71.9 Å². The van der Waals surface area contributed by atoms with E-state index in [0.29, 0.717) is 12.5 Å². The van der Waals surface area contributed by atoms with Crippen LogP contribution in [0, 0.1) is 5.92 Å². The van der Waals surface area contributed by atoms with Crippen LogP contribution in [0.2, 0.25) is 0 Å². The highest BCUT2D eigenvalue weighted by atomic mass is 16.5. The zero-order chi connectivity index (χ0) is 16.2. The summed E-state index contributed by atoms with van der Waals surface area (Å²) >= 11 is 0. The predicted molar refractivity (Wildman–Crippen MR) is 92.2 cm³/mol. The average molecular weight is 307 g/mol. The highest BCUT2D eigenvalue weighted by Crippen LogP contribution is 2.44. The van der Waals surface area contributed by atoms with Crippen LogP contribution in [0.25, 0.3) is 11.1 Å². The van der Waals surface area contributed by atoms with Crippen molar-refractivity contribution < 1.29 is 9.53 Å². The molecular formula is C20H21NO2. The molecule has 23 heavy (non-hydrogen) atoms. The van der Waals surface area contributed by atoms with Crippen LogP contribution in [0.15, 0.2) is 60.8 Å². The molecule has 0 aliphatic heterocycles. The molecule has 118 valence electrons. The second kappa shape index (κ2) is 6.69. The Hall–Kier alpha value is -2.55. The first kappa shape index (κ1) is 15.3. The lowest BCUT2D eigenvalue weighted by atomic mass is 9.98. The van der Waals surface area contributed by atoms with Gasteiger partial charge in [-0.1, -0.05) is 68.5 Å². The Labute approximate surface area is 137 Å². The molecule has 0 fully saturated rings. The highest BCUT2D eigenvalue weighted by Gasteiger charge is 2.28. The lowest BCUT2D eigenvalue weighted by Gasteiger charge is -2.13. The van der Waals surface area contributed by atoms with Crippen molar-refractivity contribution in [3.63, 3.8) is 0 Å². The first-order valence-corrected chi connectivity index (χ1v) is 7.95. The summed E-state index contributed by atoms with van der Waals surface area (Å²) in [6, 6.07) is 16.6. The first-order valence-electron chi connectivity index (χ1n) is 7.95. The Morgan fingerprint density at radius 3 is 2.22 bits per heavy atom. The number of rotatable bonds is 4. The van der Waals surface area contributed by atoms with Crippen molar-refractivity contribution in [2.45, 2.75) is 19.8 Å². The lowest BCUT2D eigenvalue weighted by molar-refractivity contribution is 0.147. The van der Waals surface area contributed by atoms with Gasteiger partial charge in [0.25, 0.3) is 0 Å². The summed E-state index contributed by atoms with van der Waals surface area (Å²) in [4.78, 5) is 11.8. The van der Waals surface area contributed by atoms with Gasteiger partial charge in [0.1, 0.15) is 6.61 Å². The second-order valence-electron chi connectivity index (χ2n) is 6.07. The van der Waals surface area contributed by atoms with Gasteiger partial charge in [-0.05, 0) is 28.2 Å². The summed E-state index contributed by atoms with van der Waals surface area (Å²) in [6.45, 7) is 4.45. The zero-order valence-corrected chi connectivity index (χ0v) is 13.5. The minimum Gasteiger partial charge on any atom is -0.448 e. The van der Waals surface area contributed by atoms with E-state index in [0.717, 1.165) is 0 Å². The molecular weight excluding hydrogens is 286 g/mol. The van der Waals surface area contributed by atoms with E-state index >= 15 is 0 Å². The van der Waals surface area contributed by atoms with E-state index in [-0.39, 0.29) is 5.92 Å². The van der Waals surface area contributed by atoms with E-state index in [1.165, 1.54) is 22.3 Å². The number of ether oxygens (including phenoxy) is 1. The van der Waals surface area contributed by atoms with Gasteiger partial charge in [-0.25, -0.2) is 4.79 Å². The third kappa shape index (κ3) is 3.29. The fourth-order valence-corrected chi connectivity index (χ4v) is 2.95. The smallest absolute Gasteiger partial charge is 0.411 e. The molecule has 0 atom stereocenters. The predicted octanol–water partition coefficient (Wildman–Crippen LogP) is 4.69. The topological polar surface area (TPSA) is 38.3 Å². The van der Waals surface area contributed by atoms with E-state index in [9.17, 15) is 4.79 Å². The molecule has 3 nitrogen and oxygen atoms in total. The van der Waals surface area contributed by atoms with Crippen LogP contribution in [0.3, 0.4) is 0 Å². The van der Waals surface area contributed by atoms with Crippen LogP contribution >= 0.6 is 0 Å².